The van der Waals surface area contributed by atoms with Gasteiger partial charge in [-0.3, -0.25) is 0 Å². The molecule has 1 aliphatic rings. The number of benzene rings is 1. The maximum Gasteiger partial charge on any atom is 0.0785 e. The molecule has 0 aromatic heterocycles. The highest BCUT2D eigenvalue weighted by Gasteiger charge is 2.21. The summed E-state index contributed by atoms with van der Waals surface area (Å²) >= 11 is 0. The SMILES string of the molecule is COCC(O)CCNC1CCC(c2ccccc2)CC1. The summed E-state index contributed by atoms with van der Waals surface area (Å²) in [6.07, 6.45) is 5.44. The van der Waals surface area contributed by atoms with Crippen molar-refractivity contribution < 1.29 is 9.84 Å². The van der Waals surface area contributed by atoms with Crippen LogP contribution in [0.3, 0.4) is 0 Å². The van der Waals surface area contributed by atoms with Crippen LogP contribution in [0, 0.1) is 0 Å². The largest absolute Gasteiger partial charge is 0.391 e. The summed E-state index contributed by atoms with van der Waals surface area (Å²) < 4.78 is 4.93. The molecule has 3 heteroatoms. The maximum atomic E-state index is 9.60. The Morgan fingerprint density at radius 2 is 1.90 bits per heavy atom. The predicted molar refractivity (Wildman–Crippen MR) is 81.9 cm³/mol. The molecule has 1 atom stereocenters. The molecule has 3 nitrogen and oxygen atoms in total. The van der Waals surface area contributed by atoms with E-state index in [0.717, 1.165) is 18.9 Å². The highest BCUT2D eigenvalue weighted by atomic mass is 16.5. The predicted octanol–water partition coefficient (Wildman–Crippen LogP) is 2.70. The second-order valence-corrected chi connectivity index (χ2v) is 5.81. The van der Waals surface area contributed by atoms with E-state index in [1.54, 1.807) is 7.11 Å². The number of aliphatic hydroxyl groups excluding tert-OH is 1. The van der Waals surface area contributed by atoms with Gasteiger partial charge in [-0.2, -0.15) is 0 Å². The van der Waals surface area contributed by atoms with Gasteiger partial charge in [0, 0.05) is 13.2 Å². The molecule has 0 bridgehead atoms. The van der Waals surface area contributed by atoms with E-state index in [1.807, 2.05) is 0 Å². The summed E-state index contributed by atoms with van der Waals surface area (Å²) in [5, 5.41) is 13.2. The van der Waals surface area contributed by atoms with E-state index in [4.69, 9.17) is 4.74 Å². The van der Waals surface area contributed by atoms with Crippen molar-refractivity contribution in [2.45, 2.75) is 50.2 Å². The number of methoxy groups -OCH3 is 1. The molecule has 0 aliphatic heterocycles. The van der Waals surface area contributed by atoms with Crippen LogP contribution in [-0.2, 0) is 4.74 Å². The van der Waals surface area contributed by atoms with Gasteiger partial charge in [0.2, 0.25) is 0 Å². The van der Waals surface area contributed by atoms with Gasteiger partial charge in [-0.05, 0) is 50.1 Å². The van der Waals surface area contributed by atoms with Crippen LogP contribution in [0.1, 0.15) is 43.6 Å². The zero-order valence-corrected chi connectivity index (χ0v) is 12.4. The smallest absolute Gasteiger partial charge is 0.0785 e. The third-order valence-corrected chi connectivity index (χ3v) is 4.27. The highest BCUT2D eigenvalue weighted by molar-refractivity contribution is 5.20. The minimum absolute atomic E-state index is 0.340. The van der Waals surface area contributed by atoms with Crippen molar-refractivity contribution in [1.82, 2.24) is 5.32 Å². The lowest BCUT2D eigenvalue weighted by Gasteiger charge is -2.29. The van der Waals surface area contributed by atoms with Crippen LogP contribution in [0.25, 0.3) is 0 Å². The van der Waals surface area contributed by atoms with Crippen LogP contribution in [0.5, 0.6) is 0 Å². The van der Waals surface area contributed by atoms with Gasteiger partial charge in [0.1, 0.15) is 0 Å². The Kier molecular flexibility index (Phi) is 6.51. The molecule has 0 saturated heterocycles. The molecular weight excluding hydrogens is 250 g/mol. The molecule has 1 aromatic rings. The summed E-state index contributed by atoms with van der Waals surface area (Å²) in [5.74, 6) is 0.730. The molecule has 1 aliphatic carbocycles. The molecule has 2 N–H and O–H groups in total. The second kappa shape index (κ2) is 8.40. The first-order valence-corrected chi connectivity index (χ1v) is 7.75. The maximum absolute atomic E-state index is 9.60. The standard InChI is InChI=1S/C17H27NO2/c1-20-13-17(19)11-12-18-16-9-7-15(8-10-16)14-5-3-2-4-6-14/h2-6,15-19H,7-13H2,1H3. The van der Waals surface area contributed by atoms with Gasteiger partial charge in [-0.1, -0.05) is 30.3 Å². The number of aliphatic hydroxyl groups is 1. The third-order valence-electron chi connectivity index (χ3n) is 4.27. The molecule has 20 heavy (non-hydrogen) atoms. The fourth-order valence-corrected chi connectivity index (χ4v) is 3.09. The van der Waals surface area contributed by atoms with Gasteiger partial charge in [0.25, 0.3) is 0 Å². The third kappa shape index (κ3) is 4.89. The summed E-state index contributed by atoms with van der Waals surface area (Å²) in [6, 6.07) is 11.5. The molecule has 1 fully saturated rings. The van der Waals surface area contributed by atoms with Crippen LogP contribution in [-0.4, -0.2) is 37.5 Å². The Morgan fingerprint density at radius 1 is 1.20 bits per heavy atom. The highest BCUT2D eigenvalue weighted by Crippen LogP contribution is 2.32. The molecule has 2 rings (SSSR count). The molecule has 1 unspecified atom stereocenters. The monoisotopic (exact) mass is 277 g/mol. The Hall–Kier alpha value is -0.900. The lowest BCUT2D eigenvalue weighted by Crippen LogP contribution is -2.35. The van der Waals surface area contributed by atoms with Crippen LogP contribution in [0.2, 0.25) is 0 Å². The molecule has 1 saturated carbocycles. The first-order valence-electron chi connectivity index (χ1n) is 7.75. The molecular formula is C17H27NO2. The average molecular weight is 277 g/mol. The summed E-state index contributed by atoms with van der Waals surface area (Å²) in [6.45, 7) is 1.31. The van der Waals surface area contributed by atoms with Crippen molar-refractivity contribution >= 4 is 0 Å². The van der Waals surface area contributed by atoms with Gasteiger partial charge < -0.3 is 15.2 Å². The number of ether oxygens (including phenoxy) is 1. The van der Waals surface area contributed by atoms with E-state index in [9.17, 15) is 5.11 Å². The lowest BCUT2D eigenvalue weighted by molar-refractivity contribution is 0.0587. The molecule has 0 heterocycles. The van der Waals surface area contributed by atoms with Gasteiger partial charge in [0.05, 0.1) is 12.7 Å². The normalized spacial score (nSPS) is 24.5. The molecule has 0 radical (unpaired) electrons. The van der Waals surface area contributed by atoms with E-state index in [2.05, 4.69) is 35.6 Å². The van der Waals surface area contributed by atoms with E-state index >= 15 is 0 Å². The van der Waals surface area contributed by atoms with Gasteiger partial charge in [-0.25, -0.2) is 0 Å². The van der Waals surface area contributed by atoms with Crippen molar-refractivity contribution in [3.63, 3.8) is 0 Å². The van der Waals surface area contributed by atoms with E-state index in [0.29, 0.717) is 12.6 Å². The number of hydrogen-bond acceptors (Lipinski definition) is 3. The van der Waals surface area contributed by atoms with Crippen LogP contribution in [0.4, 0.5) is 0 Å². The van der Waals surface area contributed by atoms with Gasteiger partial charge in [-0.15, -0.1) is 0 Å². The van der Waals surface area contributed by atoms with Crippen molar-refractivity contribution in [1.29, 1.82) is 0 Å². The van der Waals surface area contributed by atoms with Crippen molar-refractivity contribution in [3.8, 4) is 0 Å². The average Bonchev–Trinajstić information content (AvgIpc) is 2.49. The van der Waals surface area contributed by atoms with Crippen LogP contribution >= 0.6 is 0 Å². The Balaban J connectivity index is 1.65. The Morgan fingerprint density at radius 3 is 2.55 bits per heavy atom. The minimum Gasteiger partial charge on any atom is -0.391 e. The topological polar surface area (TPSA) is 41.5 Å². The molecule has 1 aromatic carbocycles. The zero-order chi connectivity index (χ0) is 14.2. The second-order valence-electron chi connectivity index (χ2n) is 5.81. The first-order chi connectivity index (χ1) is 9.79. The number of nitrogens with one attached hydrogen (secondary N) is 1. The summed E-state index contributed by atoms with van der Waals surface area (Å²) in [4.78, 5) is 0. The summed E-state index contributed by atoms with van der Waals surface area (Å²) in [7, 11) is 1.63. The summed E-state index contributed by atoms with van der Waals surface area (Å²) in [5.41, 5.74) is 1.49. The van der Waals surface area contributed by atoms with Gasteiger partial charge in [0.15, 0.2) is 0 Å². The van der Waals surface area contributed by atoms with Crippen molar-refractivity contribution in [2.24, 2.45) is 0 Å². The van der Waals surface area contributed by atoms with Crippen molar-refractivity contribution in [3.05, 3.63) is 35.9 Å². The van der Waals surface area contributed by atoms with Gasteiger partial charge >= 0.3 is 0 Å². The van der Waals surface area contributed by atoms with Crippen LogP contribution < -0.4 is 5.32 Å². The van der Waals surface area contributed by atoms with E-state index in [-0.39, 0.29) is 6.10 Å². The van der Waals surface area contributed by atoms with Crippen LogP contribution in [0.15, 0.2) is 30.3 Å². The number of hydrogen-bond donors (Lipinski definition) is 2. The fourth-order valence-electron chi connectivity index (χ4n) is 3.09. The molecule has 0 amide bonds. The minimum atomic E-state index is -0.340. The number of rotatable bonds is 7. The fraction of sp³-hybridized carbons (Fsp3) is 0.647. The van der Waals surface area contributed by atoms with Crippen molar-refractivity contribution in [2.75, 3.05) is 20.3 Å². The van der Waals surface area contributed by atoms with E-state index in [1.165, 1.54) is 31.2 Å². The zero-order valence-electron chi connectivity index (χ0n) is 12.4. The quantitative estimate of drug-likeness (QED) is 0.805. The molecule has 112 valence electrons. The first kappa shape index (κ1) is 15.5. The lowest BCUT2D eigenvalue weighted by atomic mass is 9.82. The Bertz CT molecular complexity index is 361. The van der Waals surface area contributed by atoms with E-state index < -0.39 is 0 Å². The molecule has 0 spiro atoms. The Labute approximate surface area is 122 Å².